The van der Waals surface area contributed by atoms with Gasteiger partial charge in [0, 0.05) is 0 Å². The Morgan fingerprint density at radius 3 is 0.939 bits per heavy atom. The van der Waals surface area contributed by atoms with Crippen LogP contribution >= 0.6 is 0 Å². The summed E-state index contributed by atoms with van der Waals surface area (Å²) < 4.78 is 64.5. The van der Waals surface area contributed by atoms with Crippen LogP contribution in [0.2, 0.25) is 52.4 Å². The van der Waals surface area contributed by atoms with E-state index >= 15 is 0 Å². The van der Waals surface area contributed by atoms with Crippen molar-refractivity contribution in [1.82, 2.24) is 0 Å². The summed E-state index contributed by atoms with van der Waals surface area (Å²) >= 11 is 0. The highest BCUT2D eigenvalue weighted by atomic mass is 28.5. The average molecular weight is 607 g/mol. The van der Waals surface area contributed by atoms with Crippen molar-refractivity contribution in [3.8, 4) is 0 Å². The van der Waals surface area contributed by atoms with Crippen LogP contribution in [-0.4, -0.2) is 109 Å². The number of hydrogen-bond donors (Lipinski definition) is 0. The summed E-state index contributed by atoms with van der Waals surface area (Å²) in [6.07, 6.45) is 0. The first-order valence-electron chi connectivity index (χ1n) is 11.6. The minimum Gasteiger partial charge on any atom is -0.420 e. The maximum absolute atomic E-state index is 6.19. The Balaban J connectivity index is 0.000000160. The summed E-state index contributed by atoms with van der Waals surface area (Å²) in [5, 5.41) is 0. The van der Waals surface area contributed by atoms with E-state index in [1.807, 2.05) is 32.7 Å². The lowest BCUT2D eigenvalue weighted by Gasteiger charge is -2.40. The van der Waals surface area contributed by atoms with E-state index in [1.54, 1.807) is 0 Å². The maximum atomic E-state index is 6.19. The Morgan fingerprint density at radius 1 is 0.455 bits per heavy atom. The molecule has 11 nitrogen and oxygen atoms in total. The number of ether oxygens (including phenoxy) is 3. The number of rotatable bonds is 3. The predicted octanol–water partition coefficient (Wildman–Crippen LogP) is -0.586. The third-order valence-electron chi connectivity index (χ3n) is 5.92. The molecule has 0 bridgehead atoms. The molecular formula is C14H38O11Si8. The monoisotopic (exact) mass is 606 g/mol. The van der Waals surface area contributed by atoms with E-state index in [4.69, 9.17) is 47.1 Å². The van der Waals surface area contributed by atoms with Gasteiger partial charge in [-0.15, -0.1) is 0 Å². The molecule has 5 heterocycles. The van der Waals surface area contributed by atoms with Crippen molar-refractivity contribution in [3.05, 3.63) is 0 Å². The van der Waals surface area contributed by atoms with E-state index in [-0.39, 0.29) is 17.2 Å². The lowest BCUT2D eigenvalue weighted by Crippen LogP contribution is -2.62. The molecule has 5 unspecified atom stereocenters. The Kier molecular flexibility index (Phi) is 8.76. The Hall–Kier alpha value is 1.30. The zero-order valence-corrected chi connectivity index (χ0v) is 29.5. The van der Waals surface area contributed by atoms with Gasteiger partial charge in [-0.25, -0.2) is 0 Å². The van der Waals surface area contributed by atoms with Gasteiger partial charge in [-0.1, -0.05) is 0 Å². The molecule has 5 rings (SSSR count). The molecule has 0 aromatic rings. The first-order valence-corrected chi connectivity index (χ1v) is 29.3. The van der Waals surface area contributed by atoms with Crippen molar-refractivity contribution in [2.24, 2.45) is 0 Å². The summed E-state index contributed by atoms with van der Waals surface area (Å²) in [6.45, 7) is 18.7. The summed E-state index contributed by atoms with van der Waals surface area (Å²) in [5.74, 6) is 0. The molecule has 0 aromatic heterocycles. The molecule has 5 aliphatic heterocycles. The van der Waals surface area contributed by atoms with Gasteiger partial charge < -0.3 is 47.1 Å². The molecule has 192 valence electrons. The molecule has 33 heavy (non-hydrogen) atoms. The van der Waals surface area contributed by atoms with Crippen LogP contribution in [0.1, 0.15) is 0 Å². The minimum absolute atomic E-state index is 0.165. The van der Waals surface area contributed by atoms with Crippen LogP contribution < -0.4 is 0 Å². The van der Waals surface area contributed by atoms with Gasteiger partial charge in [-0.05, 0) is 52.4 Å². The first-order chi connectivity index (χ1) is 15.4. The highest BCUT2D eigenvalue weighted by Gasteiger charge is 2.58. The van der Waals surface area contributed by atoms with E-state index in [1.165, 1.54) is 0 Å². The molecule has 5 aliphatic rings. The Morgan fingerprint density at radius 2 is 0.697 bits per heavy atom. The van der Waals surface area contributed by atoms with Crippen molar-refractivity contribution >= 4 is 72.1 Å². The molecule has 0 aromatic carbocycles. The Labute approximate surface area is 208 Å². The Bertz CT molecular complexity index is 626. The zero-order valence-electron chi connectivity index (χ0n) is 20.7. The van der Waals surface area contributed by atoms with Crippen molar-refractivity contribution in [3.63, 3.8) is 0 Å². The van der Waals surface area contributed by atoms with Crippen molar-refractivity contribution in [2.45, 2.75) is 69.6 Å². The van der Waals surface area contributed by atoms with Crippen LogP contribution in [0, 0.1) is 0 Å². The standard InChI is InChI=1S/C8H20O6Si4.C6H18O5Si4/c1-15-11-17(3,7-5-9-7)13-16(2)14-18(4,12-15)8-6-10-8;1-12-8-13(2)10-15(4,6-5-7-6)11-14(3)9-12/h7-8,15-16H,5-6H2,1-4H3;6,12-14H,5H2,1-4H3. The third-order valence-corrected chi connectivity index (χ3v) is 35.8. The summed E-state index contributed by atoms with van der Waals surface area (Å²) in [7, 11) is -14.8. The van der Waals surface area contributed by atoms with E-state index in [0.717, 1.165) is 19.8 Å². The van der Waals surface area contributed by atoms with Crippen molar-refractivity contribution in [1.29, 1.82) is 0 Å². The van der Waals surface area contributed by atoms with Gasteiger partial charge >= 0.3 is 44.3 Å². The van der Waals surface area contributed by atoms with Gasteiger partial charge in [0.1, 0.15) is 17.2 Å². The minimum atomic E-state index is -2.26. The van der Waals surface area contributed by atoms with Gasteiger partial charge in [-0.2, -0.15) is 0 Å². The van der Waals surface area contributed by atoms with Gasteiger partial charge in [0.05, 0.1) is 19.8 Å². The van der Waals surface area contributed by atoms with Crippen LogP contribution in [0.15, 0.2) is 0 Å². The molecule has 0 aliphatic carbocycles. The molecule has 5 atom stereocenters. The fourth-order valence-electron chi connectivity index (χ4n) is 4.24. The molecule has 0 amide bonds. The van der Waals surface area contributed by atoms with E-state index in [9.17, 15) is 0 Å². The lowest BCUT2D eigenvalue weighted by atomic mass is 11.0. The van der Waals surface area contributed by atoms with Crippen molar-refractivity contribution < 1.29 is 47.1 Å². The molecule has 5 fully saturated rings. The first kappa shape index (κ1) is 27.3. The third kappa shape index (κ3) is 7.42. The van der Waals surface area contributed by atoms with Gasteiger partial charge in [0.15, 0.2) is 0 Å². The fourth-order valence-corrected chi connectivity index (χ4v) is 35.8. The second kappa shape index (κ2) is 10.6. The fraction of sp³-hybridized carbons (Fsp3) is 1.00. The summed E-state index contributed by atoms with van der Waals surface area (Å²) in [6, 6.07) is 0. The summed E-state index contributed by atoms with van der Waals surface area (Å²) in [4.78, 5) is 0. The van der Waals surface area contributed by atoms with Crippen molar-refractivity contribution in [2.75, 3.05) is 19.8 Å². The highest BCUT2D eigenvalue weighted by molar-refractivity contribution is 6.86. The molecular weight excluding hydrogens is 569 g/mol. The number of hydrogen-bond acceptors (Lipinski definition) is 11. The maximum Gasteiger partial charge on any atom is 0.349 e. The normalized spacial score (nSPS) is 54.5. The van der Waals surface area contributed by atoms with Crippen LogP contribution in [0.5, 0.6) is 0 Å². The largest absolute Gasteiger partial charge is 0.420 e. The van der Waals surface area contributed by atoms with Crippen LogP contribution in [0.4, 0.5) is 0 Å². The highest BCUT2D eigenvalue weighted by Crippen LogP contribution is 2.33. The molecule has 0 saturated carbocycles. The van der Waals surface area contributed by atoms with E-state index < -0.39 is 72.1 Å². The SMILES string of the molecule is C[SiH]1O[SiH](C)O[Si](C)(C2CO2)O[SiH](C)O1.C[SiH]1O[Si](C)(C2CO2)O[SiH](C)O[Si](C)(C2CO2)O1. The van der Waals surface area contributed by atoms with Gasteiger partial charge in [0.2, 0.25) is 0 Å². The lowest BCUT2D eigenvalue weighted by molar-refractivity contribution is 0.236. The second-order valence-electron chi connectivity index (χ2n) is 9.33. The number of epoxide rings is 3. The predicted molar refractivity (Wildman–Crippen MR) is 138 cm³/mol. The van der Waals surface area contributed by atoms with Crippen LogP contribution in [0.3, 0.4) is 0 Å². The van der Waals surface area contributed by atoms with Crippen LogP contribution in [0.25, 0.3) is 0 Å². The summed E-state index contributed by atoms with van der Waals surface area (Å²) in [5.41, 5.74) is 0.528. The molecule has 0 spiro atoms. The zero-order chi connectivity index (χ0) is 24.0. The average Bonchev–Trinajstić information content (AvgIpc) is 3.55. The smallest absolute Gasteiger partial charge is 0.349 e. The van der Waals surface area contributed by atoms with Crippen LogP contribution in [-0.2, 0) is 47.1 Å². The van der Waals surface area contributed by atoms with Gasteiger partial charge in [-0.3, -0.25) is 0 Å². The molecule has 0 N–H and O–H groups in total. The second-order valence-corrected chi connectivity index (χ2v) is 30.9. The van der Waals surface area contributed by atoms with E-state index in [0.29, 0.717) is 0 Å². The molecule has 5 saturated heterocycles. The quantitative estimate of drug-likeness (QED) is 0.304. The topological polar surface area (TPSA) is 111 Å². The van der Waals surface area contributed by atoms with E-state index in [2.05, 4.69) is 19.6 Å². The molecule has 19 heteroatoms. The van der Waals surface area contributed by atoms with Gasteiger partial charge in [0.25, 0.3) is 27.9 Å². The molecule has 0 radical (unpaired) electrons.